The molecule has 2 aromatic heterocycles. The third-order valence-electron chi connectivity index (χ3n) is 3.92. The highest BCUT2D eigenvalue weighted by molar-refractivity contribution is 5.93. The third-order valence-corrected chi connectivity index (χ3v) is 3.92. The maximum atomic E-state index is 12.3. The lowest BCUT2D eigenvalue weighted by Crippen LogP contribution is -2.53. The minimum atomic E-state index is -0.234. The predicted octanol–water partition coefficient (Wildman–Crippen LogP) is 0.416. The van der Waals surface area contributed by atoms with Crippen LogP contribution in [0.15, 0.2) is 37.1 Å². The molecule has 0 aliphatic carbocycles. The number of nitrogens with one attached hydrogen (secondary N) is 1. The first-order valence-electron chi connectivity index (χ1n) is 7.57. The molecule has 1 atom stereocenters. The van der Waals surface area contributed by atoms with Crippen LogP contribution < -0.4 is 10.2 Å². The molecule has 3 heterocycles. The summed E-state index contributed by atoms with van der Waals surface area (Å²) in [5.74, 6) is 1.12. The van der Waals surface area contributed by atoms with Crippen LogP contribution in [0.2, 0.25) is 0 Å². The molecule has 1 aliphatic rings. The van der Waals surface area contributed by atoms with Crippen molar-refractivity contribution in [3.05, 3.63) is 37.1 Å². The van der Waals surface area contributed by atoms with E-state index in [0.29, 0.717) is 5.95 Å². The maximum absolute atomic E-state index is 12.3. The molecule has 1 N–H and O–H groups in total. The Kier molecular flexibility index (Phi) is 4.72. The Morgan fingerprint density at radius 3 is 2.48 bits per heavy atom. The SMILES string of the molecule is CC(C(=O)Nc1ncccn1)N1CCN(c2cnccn2)CC1. The van der Waals surface area contributed by atoms with E-state index in [-0.39, 0.29) is 11.9 Å². The quantitative estimate of drug-likeness (QED) is 0.875. The molecule has 2 aromatic rings. The highest BCUT2D eigenvalue weighted by Crippen LogP contribution is 2.13. The minimum absolute atomic E-state index is 0.0934. The van der Waals surface area contributed by atoms with E-state index in [1.54, 1.807) is 37.1 Å². The topological polar surface area (TPSA) is 87.1 Å². The van der Waals surface area contributed by atoms with E-state index in [1.165, 1.54) is 0 Å². The molecule has 0 bridgehead atoms. The highest BCUT2D eigenvalue weighted by Gasteiger charge is 2.26. The molecule has 1 amide bonds. The van der Waals surface area contributed by atoms with Crippen molar-refractivity contribution in [2.45, 2.75) is 13.0 Å². The van der Waals surface area contributed by atoms with E-state index < -0.39 is 0 Å². The zero-order valence-electron chi connectivity index (χ0n) is 13.0. The van der Waals surface area contributed by atoms with Crippen LogP contribution in [0, 0.1) is 0 Å². The zero-order chi connectivity index (χ0) is 16.1. The van der Waals surface area contributed by atoms with Gasteiger partial charge >= 0.3 is 0 Å². The summed E-state index contributed by atoms with van der Waals surface area (Å²) in [6, 6.07) is 1.48. The van der Waals surface area contributed by atoms with Crippen LogP contribution in [-0.2, 0) is 4.79 Å². The van der Waals surface area contributed by atoms with Gasteiger partial charge in [-0.2, -0.15) is 0 Å². The van der Waals surface area contributed by atoms with Crippen LogP contribution in [0.1, 0.15) is 6.92 Å². The molecule has 0 radical (unpaired) electrons. The second-order valence-electron chi connectivity index (χ2n) is 5.32. The van der Waals surface area contributed by atoms with Gasteiger partial charge in [0.25, 0.3) is 0 Å². The summed E-state index contributed by atoms with van der Waals surface area (Å²) in [7, 11) is 0. The van der Waals surface area contributed by atoms with Crippen molar-refractivity contribution in [2.75, 3.05) is 36.4 Å². The molecule has 1 aliphatic heterocycles. The number of rotatable bonds is 4. The molecule has 1 saturated heterocycles. The van der Waals surface area contributed by atoms with Gasteiger partial charge in [0, 0.05) is 51.0 Å². The van der Waals surface area contributed by atoms with E-state index in [2.05, 4.69) is 35.1 Å². The van der Waals surface area contributed by atoms with Crippen LogP contribution >= 0.6 is 0 Å². The maximum Gasteiger partial charge on any atom is 0.243 e. The fraction of sp³-hybridized carbons (Fsp3) is 0.400. The largest absolute Gasteiger partial charge is 0.353 e. The van der Waals surface area contributed by atoms with Crippen LogP contribution in [0.3, 0.4) is 0 Å². The normalized spacial score (nSPS) is 16.8. The summed E-state index contributed by atoms with van der Waals surface area (Å²) < 4.78 is 0. The number of carbonyl (C=O) groups is 1. The Bertz CT molecular complexity index is 629. The molecule has 0 aromatic carbocycles. The molecule has 8 heteroatoms. The first kappa shape index (κ1) is 15.3. The molecule has 0 saturated carbocycles. The first-order valence-corrected chi connectivity index (χ1v) is 7.57. The Morgan fingerprint density at radius 2 is 1.83 bits per heavy atom. The Hall–Kier alpha value is -2.61. The molecular weight excluding hydrogens is 294 g/mol. The van der Waals surface area contributed by atoms with E-state index in [1.807, 2.05) is 6.92 Å². The van der Waals surface area contributed by atoms with Gasteiger partial charge in [-0.05, 0) is 13.0 Å². The van der Waals surface area contributed by atoms with Crippen LogP contribution in [0.4, 0.5) is 11.8 Å². The number of piperazine rings is 1. The zero-order valence-corrected chi connectivity index (χ0v) is 13.0. The molecular formula is C15H19N7O. The Morgan fingerprint density at radius 1 is 1.09 bits per heavy atom. The highest BCUT2D eigenvalue weighted by atomic mass is 16.2. The summed E-state index contributed by atoms with van der Waals surface area (Å²) in [5, 5.41) is 2.74. The first-order chi connectivity index (χ1) is 11.2. The number of anilines is 2. The van der Waals surface area contributed by atoms with E-state index in [4.69, 9.17) is 0 Å². The van der Waals surface area contributed by atoms with Gasteiger partial charge in [-0.15, -0.1) is 0 Å². The second kappa shape index (κ2) is 7.10. The average Bonchev–Trinajstić information content (AvgIpc) is 2.63. The average molecular weight is 313 g/mol. The molecule has 120 valence electrons. The molecule has 8 nitrogen and oxygen atoms in total. The van der Waals surface area contributed by atoms with Crippen molar-refractivity contribution in [1.29, 1.82) is 0 Å². The molecule has 3 rings (SSSR count). The van der Waals surface area contributed by atoms with Gasteiger partial charge in [0.1, 0.15) is 5.82 Å². The van der Waals surface area contributed by atoms with Crippen LogP contribution in [0.25, 0.3) is 0 Å². The van der Waals surface area contributed by atoms with Gasteiger partial charge in [0.05, 0.1) is 12.2 Å². The van der Waals surface area contributed by atoms with Crippen molar-refractivity contribution in [3.63, 3.8) is 0 Å². The summed E-state index contributed by atoms with van der Waals surface area (Å²) >= 11 is 0. The molecule has 23 heavy (non-hydrogen) atoms. The predicted molar refractivity (Wildman–Crippen MR) is 85.9 cm³/mol. The van der Waals surface area contributed by atoms with Gasteiger partial charge in [-0.25, -0.2) is 15.0 Å². The third kappa shape index (κ3) is 3.78. The van der Waals surface area contributed by atoms with E-state index >= 15 is 0 Å². The summed E-state index contributed by atoms with van der Waals surface area (Å²) in [6.45, 7) is 5.12. The number of carbonyl (C=O) groups excluding carboxylic acids is 1. The summed E-state index contributed by atoms with van der Waals surface area (Å²) in [5.41, 5.74) is 0. The van der Waals surface area contributed by atoms with Crippen LogP contribution in [0.5, 0.6) is 0 Å². The summed E-state index contributed by atoms with van der Waals surface area (Å²) in [4.78, 5) is 33.0. The van der Waals surface area contributed by atoms with Crippen molar-refractivity contribution in [1.82, 2.24) is 24.8 Å². The lowest BCUT2D eigenvalue weighted by Gasteiger charge is -2.37. The Balaban J connectivity index is 1.53. The summed E-state index contributed by atoms with van der Waals surface area (Å²) in [6.07, 6.45) is 8.33. The van der Waals surface area contributed by atoms with Gasteiger partial charge in [-0.3, -0.25) is 20.0 Å². The van der Waals surface area contributed by atoms with Crippen molar-refractivity contribution < 1.29 is 4.79 Å². The molecule has 0 spiro atoms. The molecule has 1 unspecified atom stereocenters. The lowest BCUT2D eigenvalue weighted by atomic mass is 10.2. The number of hydrogen-bond acceptors (Lipinski definition) is 7. The van der Waals surface area contributed by atoms with E-state index in [9.17, 15) is 4.79 Å². The van der Waals surface area contributed by atoms with E-state index in [0.717, 1.165) is 32.0 Å². The van der Waals surface area contributed by atoms with Crippen molar-refractivity contribution in [3.8, 4) is 0 Å². The lowest BCUT2D eigenvalue weighted by molar-refractivity contribution is -0.120. The van der Waals surface area contributed by atoms with Gasteiger partial charge in [-0.1, -0.05) is 0 Å². The van der Waals surface area contributed by atoms with Gasteiger partial charge in [0.2, 0.25) is 11.9 Å². The molecule has 1 fully saturated rings. The number of amides is 1. The van der Waals surface area contributed by atoms with Gasteiger partial charge < -0.3 is 4.90 Å². The smallest absolute Gasteiger partial charge is 0.243 e. The fourth-order valence-electron chi connectivity index (χ4n) is 2.54. The standard InChI is InChI=1S/C15H19N7O/c1-12(14(23)20-15-18-3-2-4-19-15)21-7-9-22(10-8-21)13-11-16-5-6-17-13/h2-6,11-12H,7-10H2,1H3,(H,18,19,20,23). The van der Waals surface area contributed by atoms with Crippen LogP contribution in [-0.4, -0.2) is 63.0 Å². The minimum Gasteiger partial charge on any atom is -0.353 e. The fourth-order valence-corrected chi connectivity index (χ4v) is 2.54. The van der Waals surface area contributed by atoms with Crippen molar-refractivity contribution >= 4 is 17.7 Å². The second-order valence-corrected chi connectivity index (χ2v) is 5.32. The van der Waals surface area contributed by atoms with Crippen molar-refractivity contribution in [2.24, 2.45) is 0 Å². The van der Waals surface area contributed by atoms with Gasteiger partial charge in [0.15, 0.2) is 0 Å². The monoisotopic (exact) mass is 313 g/mol. The number of aromatic nitrogens is 4. The number of nitrogens with zero attached hydrogens (tertiary/aromatic N) is 6. The Labute approximate surface area is 134 Å². The number of hydrogen-bond donors (Lipinski definition) is 1.